The third kappa shape index (κ3) is 3.10. The van der Waals surface area contributed by atoms with Crippen molar-refractivity contribution in [1.82, 2.24) is 30.0 Å². The summed E-state index contributed by atoms with van der Waals surface area (Å²) in [6.07, 6.45) is 3.64. The molecule has 8 nitrogen and oxygen atoms in total. The van der Waals surface area contributed by atoms with Crippen LogP contribution in [-0.2, 0) is 20.0 Å². The highest BCUT2D eigenvalue weighted by Gasteiger charge is 2.23. The molecule has 30 heavy (non-hydrogen) atoms. The third-order valence-electron chi connectivity index (χ3n) is 5.00. The van der Waals surface area contributed by atoms with Crippen LogP contribution in [0.5, 0.6) is 0 Å². The standard InChI is InChI=1S/C20H17N7OS2/c1-27-17(20(28)22-7-11-3-2-4-15-14(11)8-24-26-15)13(6-21)18-19(27)25-16(30-18)5-12-9-29-10-23-12/h2-4,6,8-10,21H,5,7H2,1H3,(H,22,28)(H,24,26). The number of nitrogens with zero attached hydrogens (tertiary/aromatic N) is 4. The predicted molar refractivity (Wildman–Crippen MR) is 119 cm³/mol. The number of carbonyl (C=O) groups is 1. The molecule has 4 aromatic heterocycles. The van der Waals surface area contributed by atoms with Crippen molar-refractivity contribution in [1.29, 1.82) is 5.41 Å². The molecule has 1 aromatic carbocycles. The average molecular weight is 436 g/mol. The summed E-state index contributed by atoms with van der Waals surface area (Å²) in [6.45, 7) is 0.370. The molecule has 5 aromatic rings. The number of rotatable bonds is 6. The molecule has 0 saturated carbocycles. The number of aromatic amines is 1. The predicted octanol–water partition coefficient (Wildman–Crippen LogP) is 3.49. The van der Waals surface area contributed by atoms with Crippen molar-refractivity contribution in [3.8, 4) is 0 Å². The first-order valence-corrected chi connectivity index (χ1v) is 11.0. The minimum atomic E-state index is -0.234. The fraction of sp³-hybridized carbons (Fsp3) is 0.150. The number of thiazole rings is 2. The fourth-order valence-electron chi connectivity index (χ4n) is 3.56. The number of aromatic nitrogens is 5. The van der Waals surface area contributed by atoms with E-state index in [1.54, 1.807) is 27.6 Å². The Labute approximate surface area is 179 Å². The normalized spacial score (nSPS) is 11.4. The van der Waals surface area contributed by atoms with E-state index in [-0.39, 0.29) is 5.91 Å². The van der Waals surface area contributed by atoms with Crippen LogP contribution in [-0.4, -0.2) is 36.9 Å². The zero-order valence-corrected chi connectivity index (χ0v) is 17.6. The van der Waals surface area contributed by atoms with Crippen LogP contribution in [0.15, 0.2) is 35.3 Å². The van der Waals surface area contributed by atoms with Gasteiger partial charge < -0.3 is 15.3 Å². The van der Waals surface area contributed by atoms with Crippen molar-refractivity contribution < 1.29 is 4.79 Å². The van der Waals surface area contributed by atoms with E-state index in [1.807, 2.05) is 30.6 Å². The molecular weight excluding hydrogens is 418 g/mol. The van der Waals surface area contributed by atoms with Gasteiger partial charge in [0.2, 0.25) is 0 Å². The second kappa shape index (κ2) is 7.47. The molecule has 0 aliphatic carbocycles. The number of fused-ring (bicyclic) bond motifs is 2. The molecular formula is C20H17N7OS2. The maximum atomic E-state index is 13.0. The number of hydrogen-bond acceptors (Lipinski definition) is 7. The van der Waals surface area contributed by atoms with Gasteiger partial charge in [-0.1, -0.05) is 12.1 Å². The second-order valence-corrected chi connectivity index (χ2v) is 8.62. The lowest BCUT2D eigenvalue weighted by Crippen LogP contribution is -2.26. The number of nitrogens with one attached hydrogen (secondary N) is 3. The van der Waals surface area contributed by atoms with Crippen molar-refractivity contribution in [2.75, 3.05) is 0 Å². The number of carbonyl (C=O) groups excluding carboxylic acids is 1. The maximum absolute atomic E-state index is 13.0. The first-order chi connectivity index (χ1) is 14.7. The van der Waals surface area contributed by atoms with Crippen LogP contribution in [0.4, 0.5) is 0 Å². The first kappa shape index (κ1) is 18.6. The van der Waals surface area contributed by atoms with Gasteiger partial charge >= 0.3 is 0 Å². The van der Waals surface area contributed by atoms with E-state index in [1.165, 1.54) is 17.6 Å². The number of hydrogen-bond donors (Lipinski definition) is 3. The molecule has 4 heterocycles. The molecule has 0 bridgehead atoms. The highest BCUT2D eigenvalue weighted by atomic mass is 32.1. The van der Waals surface area contributed by atoms with E-state index in [2.05, 4.69) is 20.5 Å². The van der Waals surface area contributed by atoms with Gasteiger partial charge in [-0.3, -0.25) is 9.89 Å². The van der Waals surface area contributed by atoms with Crippen LogP contribution < -0.4 is 5.32 Å². The van der Waals surface area contributed by atoms with Crippen LogP contribution in [0, 0.1) is 5.41 Å². The Morgan fingerprint density at radius 3 is 3.10 bits per heavy atom. The summed E-state index contributed by atoms with van der Waals surface area (Å²) >= 11 is 3.06. The van der Waals surface area contributed by atoms with E-state index >= 15 is 0 Å². The summed E-state index contributed by atoms with van der Waals surface area (Å²) in [7, 11) is 1.81. The van der Waals surface area contributed by atoms with Crippen molar-refractivity contribution in [3.05, 3.63) is 62.8 Å². The smallest absolute Gasteiger partial charge is 0.268 e. The molecule has 0 fully saturated rings. The molecule has 3 N–H and O–H groups in total. The van der Waals surface area contributed by atoms with Crippen LogP contribution in [0.25, 0.3) is 21.3 Å². The number of benzene rings is 1. The van der Waals surface area contributed by atoms with Gasteiger partial charge in [0.15, 0.2) is 5.65 Å². The number of H-pyrrole nitrogens is 1. The zero-order chi connectivity index (χ0) is 20.7. The van der Waals surface area contributed by atoms with E-state index in [9.17, 15) is 4.79 Å². The quantitative estimate of drug-likeness (QED) is 0.354. The molecule has 10 heteroatoms. The Morgan fingerprint density at radius 2 is 2.30 bits per heavy atom. The SMILES string of the molecule is Cn1c(C(=O)NCc2cccc3[nH]ncc23)c(C=N)c2sc(Cc3cscn3)nc21. The van der Waals surface area contributed by atoms with E-state index < -0.39 is 0 Å². The fourth-order valence-corrected chi connectivity index (χ4v) is 5.24. The maximum Gasteiger partial charge on any atom is 0.268 e. The van der Waals surface area contributed by atoms with Crippen molar-refractivity contribution in [2.45, 2.75) is 13.0 Å². The molecule has 0 atom stereocenters. The molecule has 1 amide bonds. The van der Waals surface area contributed by atoms with Crippen molar-refractivity contribution in [2.24, 2.45) is 7.05 Å². The Morgan fingerprint density at radius 1 is 1.40 bits per heavy atom. The topological polar surface area (TPSA) is 112 Å². The van der Waals surface area contributed by atoms with Gasteiger partial charge in [-0.25, -0.2) is 9.97 Å². The Bertz CT molecular complexity index is 1380. The molecule has 5 rings (SSSR count). The monoisotopic (exact) mass is 435 g/mol. The van der Waals surface area contributed by atoms with Gasteiger partial charge in [0, 0.05) is 42.6 Å². The summed E-state index contributed by atoms with van der Waals surface area (Å²) in [4.78, 5) is 22.0. The van der Waals surface area contributed by atoms with Gasteiger partial charge in [0.1, 0.15) is 10.7 Å². The van der Waals surface area contributed by atoms with Gasteiger partial charge in [0.05, 0.1) is 27.6 Å². The summed E-state index contributed by atoms with van der Waals surface area (Å²) in [6, 6.07) is 5.84. The molecule has 0 aliphatic rings. The molecule has 0 spiro atoms. The van der Waals surface area contributed by atoms with E-state index in [0.29, 0.717) is 29.9 Å². The first-order valence-electron chi connectivity index (χ1n) is 9.20. The summed E-state index contributed by atoms with van der Waals surface area (Å²) in [5, 5.41) is 21.8. The lowest BCUT2D eigenvalue weighted by Gasteiger charge is -2.08. The highest BCUT2D eigenvalue weighted by Crippen LogP contribution is 2.31. The number of aryl methyl sites for hydroxylation is 1. The molecule has 0 aliphatic heterocycles. The molecule has 0 saturated heterocycles. The third-order valence-corrected chi connectivity index (χ3v) is 6.71. The van der Waals surface area contributed by atoms with Gasteiger partial charge in [-0.05, 0) is 11.6 Å². The van der Waals surface area contributed by atoms with Gasteiger partial charge in [-0.15, -0.1) is 22.7 Å². The van der Waals surface area contributed by atoms with Crippen molar-refractivity contribution >= 4 is 56.0 Å². The second-order valence-electron chi connectivity index (χ2n) is 6.81. The van der Waals surface area contributed by atoms with E-state index in [4.69, 9.17) is 10.4 Å². The van der Waals surface area contributed by atoms with Gasteiger partial charge in [0.25, 0.3) is 5.91 Å². The van der Waals surface area contributed by atoms with E-state index in [0.717, 1.165) is 31.9 Å². The Hall–Kier alpha value is -3.37. The summed E-state index contributed by atoms with van der Waals surface area (Å²) in [5.41, 5.74) is 6.43. The Kier molecular flexibility index (Phi) is 4.64. The van der Waals surface area contributed by atoms with Crippen LogP contribution in [0.1, 0.15) is 32.3 Å². The molecule has 0 radical (unpaired) electrons. The minimum absolute atomic E-state index is 0.234. The van der Waals surface area contributed by atoms with Crippen LogP contribution in [0.2, 0.25) is 0 Å². The summed E-state index contributed by atoms with van der Waals surface area (Å²) < 4.78 is 2.62. The van der Waals surface area contributed by atoms with Gasteiger partial charge in [-0.2, -0.15) is 5.10 Å². The zero-order valence-electron chi connectivity index (χ0n) is 16.0. The average Bonchev–Trinajstić information content (AvgIpc) is 3.52. The highest BCUT2D eigenvalue weighted by molar-refractivity contribution is 7.19. The van der Waals surface area contributed by atoms with Crippen molar-refractivity contribution in [3.63, 3.8) is 0 Å². The lowest BCUT2D eigenvalue weighted by atomic mass is 10.1. The van der Waals surface area contributed by atoms with Crippen LogP contribution in [0.3, 0.4) is 0 Å². The minimum Gasteiger partial charge on any atom is -0.347 e. The van der Waals surface area contributed by atoms with Crippen LogP contribution >= 0.6 is 22.7 Å². The lowest BCUT2D eigenvalue weighted by molar-refractivity contribution is 0.0943. The molecule has 0 unspecified atom stereocenters. The largest absolute Gasteiger partial charge is 0.347 e. The molecule has 150 valence electrons. The Balaban J connectivity index is 1.43. The number of amides is 1. The summed E-state index contributed by atoms with van der Waals surface area (Å²) in [5.74, 6) is -0.234.